The second-order valence-electron chi connectivity index (χ2n) is 13.9. The van der Waals surface area contributed by atoms with Crippen molar-refractivity contribution in [3.05, 3.63) is 121 Å². The summed E-state index contributed by atoms with van der Waals surface area (Å²) in [6.45, 7) is 0. The van der Waals surface area contributed by atoms with Gasteiger partial charge in [0.1, 0.15) is 21.2 Å². The molecule has 24 heteroatoms. The van der Waals surface area contributed by atoms with Crippen LogP contribution in [0.1, 0.15) is 0 Å². The highest BCUT2D eigenvalue weighted by Gasteiger charge is 2.22. The Balaban J connectivity index is 1.17. The van der Waals surface area contributed by atoms with E-state index in [-0.39, 0.29) is 66.5 Å². The number of hydrogen-bond acceptors (Lipinski definition) is 16. The largest absolute Gasteiger partial charge is 0.507 e. The van der Waals surface area contributed by atoms with Crippen LogP contribution in [0.4, 0.5) is 39.8 Å². The monoisotopic (exact) mass is 941 g/mol. The van der Waals surface area contributed by atoms with Crippen molar-refractivity contribution < 1.29 is 57.0 Å². The summed E-state index contributed by atoms with van der Waals surface area (Å²) in [6.07, 6.45) is 0. The molecule has 7 N–H and O–H groups in total. The highest BCUT2D eigenvalue weighted by molar-refractivity contribution is 7.87. The minimum Gasteiger partial charge on any atom is -0.507 e. The Morgan fingerprint density at radius 1 is 0.375 bits per heavy atom. The number of rotatable bonds is 10. The van der Waals surface area contributed by atoms with E-state index in [9.17, 15) is 57.0 Å². The minimum absolute atomic E-state index is 0.0617. The summed E-state index contributed by atoms with van der Waals surface area (Å²) in [7, 11) is -19.4. The molecular weight excluding hydrogens is 915 g/mol. The Bertz CT molecular complexity index is 3880. The molecule has 0 unspecified atom stereocenters. The van der Waals surface area contributed by atoms with Crippen LogP contribution in [-0.2, 0) is 40.5 Å². The van der Waals surface area contributed by atoms with E-state index in [1.54, 1.807) is 36.4 Å². The van der Waals surface area contributed by atoms with Gasteiger partial charge < -0.3 is 10.8 Å². The molecular formula is C40H27N7O13S4. The zero-order valence-corrected chi connectivity index (χ0v) is 35.2. The lowest BCUT2D eigenvalue weighted by atomic mass is 10.1. The van der Waals surface area contributed by atoms with E-state index in [0.717, 1.165) is 24.3 Å². The number of aromatic hydroxyl groups is 1. The SMILES string of the molecule is Nc1cc(O)c2cc(N=Nc3ccc(N=Nc4ccc(N=Nc5ccc6cc(S(=O)(=O)O)cc(S(=O)(=O)O)c6c5)c5ccccc45)c4cc(S(=O)(=O)O)ccc34)c(S(=O)(=O)O)cc2c1. The Labute approximate surface area is 361 Å². The fraction of sp³-hybridized carbons (Fsp3) is 0. The van der Waals surface area contributed by atoms with Crippen LogP contribution >= 0.6 is 0 Å². The van der Waals surface area contributed by atoms with Crippen molar-refractivity contribution in [1.82, 2.24) is 0 Å². The van der Waals surface area contributed by atoms with E-state index < -0.39 is 60.1 Å². The van der Waals surface area contributed by atoms with Gasteiger partial charge >= 0.3 is 0 Å². The molecule has 324 valence electrons. The van der Waals surface area contributed by atoms with Crippen molar-refractivity contribution >= 4 is 123 Å². The highest BCUT2D eigenvalue weighted by Crippen LogP contribution is 2.41. The predicted molar refractivity (Wildman–Crippen MR) is 234 cm³/mol. The lowest BCUT2D eigenvalue weighted by molar-refractivity contribution is 0.479. The molecule has 0 aliphatic heterocycles. The topological polar surface area (TPSA) is 338 Å². The first kappa shape index (κ1) is 43.5. The Kier molecular flexibility index (Phi) is 10.8. The number of fused-ring (bicyclic) bond motifs is 4. The molecule has 8 aromatic rings. The van der Waals surface area contributed by atoms with Crippen molar-refractivity contribution in [3.63, 3.8) is 0 Å². The van der Waals surface area contributed by atoms with E-state index in [2.05, 4.69) is 30.7 Å². The van der Waals surface area contributed by atoms with E-state index in [4.69, 9.17) is 5.73 Å². The molecule has 8 aromatic carbocycles. The van der Waals surface area contributed by atoms with E-state index in [0.29, 0.717) is 28.2 Å². The summed E-state index contributed by atoms with van der Waals surface area (Å²) < 4.78 is 136. The summed E-state index contributed by atoms with van der Waals surface area (Å²) in [5.41, 5.74) is 6.50. The van der Waals surface area contributed by atoms with Gasteiger partial charge in [0, 0.05) is 44.1 Å². The molecule has 8 rings (SSSR count). The second kappa shape index (κ2) is 15.9. The third-order valence-corrected chi connectivity index (χ3v) is 13.1. The van der Waals surface area contributed by atoms with Gasteiger partial charge in [0.2, 0.25) is 0 Å². The van der Waals surface area contributed by atoms with Crippen molar-refractivity contribution in [2.24, 2.45) is 30.7 Å². The quantitative estimate of drug-likeness (QED) is 0.0422. The van der Waals surface area contributed by atoms with Gasteiger partial charge in [-0.2, -0.15) is 38.8 Å². The summed E-state index contributed by atoms with van der Waals surface area (Å²) in [5.74, 6) is -0.291. The summed E-state index contributed by atoms with van der Waals surface area (Å²) in [5, 5.41) is 37.8. The maximum atomic E-state index is 12.4. The van der Waals surface area contributed by atoms with Crippen LogP contribution in [0.2, 0.25) is 0 Å². The predicted octanol–water partition coefficient (Wildman–Crippen LogP) is 9.82. The molecule has 64 heavy (non-hydrogen) atoms. The summed E-state index contributed by atoms with van der Waals surface area (Å²) in [6, 6.07) is 26.9. The number of phenols is 1. The van der Waals surface area contributed by atoms with E-state index >= 15 is 0 Å². The molecule has 0 spiro atoms. The Morgan fingerprint density at radius 3 is 1.47 bits per heavy atom. The van der Waals surface area contributed by atoms with Crippen molar-refractivity contribution in [3.8, 4) is 5.75 Å². The summed E-state index contributed by atoms with van der Waals surface area (Å²) in [4.78, 5) is -2.65. The number of nitrogens with zero attached hydrogens (tertiary/aromatic N) is 6. The van der Waals surface area contributed by atoms with E-state index in [1.165, 1.54) is 54.6 Å². The maximum Gasteiger partial charge on any atom is 0.296 e. The molecule has 0 radical (unpaired) electrons. The van der Waals surface area contributed by atoms with Crippen molar-refractivity contribution in [1.29, 1.82) is 0 Å². The molecule has 0 heterocycles. The average molecular weight is 942 g/mol. The standard InChI is InChI=1S/C40H27N7O13S4/c41-23-13-22-15-40(64(58,59)60)37(20-30(22)38(48)16-23)47-45-35-11-12-36(32-18-25(61(49,50)51)7-8-29(32)35)46-44-34-10-9-33(27-3-1-2-4-28(27)34)43-42-24-6-5-21-14-26(62(52,53)54)19-39(31(21)17-24)63(55,56)57/h1-20,48H,41H2,(H,49,50,51)(H,52,53,54)(H,55,56,57)(H,58,59,60). The molecule has 20 nitrogen and oxygen atoms in total. The van der Waals surface area contributed by atoms with Gasteiger partial charge in [-0.1, -0.05) is 36.4 Å². The molecule has 0 saturated heterocycles. The van der Waals surface area contributed by atoms with E-state index in [1.807, 2.05) is 0 Å². The first-order valence-corrected chi connectivity index (χ1v) is 23.7. The third kappa shape index (κ3) is 8.74. The molecule has 0 aliphatic rings. The Hall–Kier alpha value is -7.16. The number of phenolic OH excluding ortho intramolecular Hbond substituents is 1. The molecule has 0 aromatic heterocycles. The lowest BCUT2D eigenvalue weighted by Gasteiger charge is -2.09. The number of anilines is 1. The molecule has 0 saturated carbocycles. The third-order valence-electron chi connectivity index (χ3n) is 9.68. The highest BCUT2D eigenvalue weighted by atomic mass is 32.2. The number of benzene rings is 8. The average Bonchev–Trinajstić information content (AvgIpc) is 3.22. The van der Waals surface area contributed by atoms with Crippen LogP contribution in [0.25, 0.3) is 43.1 Å². The van der Waals surface area contributed by atoms with Gasteiger partial charge in [-0.3, -0.25) is 18.2 Å². The van der Waals surface area contributed by atoms with Crippen LogP contribution < -0.4 is 5.73 Å². The fourth-order valence-corrected chi connectivity index (χ4v) is 9.27. The van der Waals surface area contributed by atoms with Gasteiger partial charge in [-0.15, -0.1) is 25.6 Å². The van der Waals surface area contributed by atoms with Crippen molar-refractivity contribution in [2.45, 2.75) is 19.6 Å². The zero-order chi connectivity index (χ0) is 45.9. The smallest absolute Gasteiger partial charge is 0.296 e. The fourth-order valence-electron chi connectivity index (χ4n) is 6.78. The molecule has 0 atom stereocenters. The second-order valence-corrected chi connectivity index (χ2v) is 19.5. The lowest BCUT2D eigenvalue weighted by Crippen LogP contribution is -2.04. The number of nitrogen functional groups attached to an aromatic ring is 1. The van der Waals surface area contributed by atoms with Gasteiger partial charge in [0.15, 0.2) is 0 Å². The van der Waals surface area contributed by atoms with Gasteiger partial charge in [-0.05, 0) is 89.6 Å². The summed E-state index contributed by atoms with van der Waals surface area (Å²) >= 11 is 0. The van der Waals surface area contributed by atoms with Crippen LogP contribution in [0.15, 0.2) is 172 Å². The number of azo groups is 3. The van der Waals surface area contributed by atoms with Crippen molar-refractivity contribution in [2.75, 3.05) is 5.73 Å². The first-order chi connectivity index (χ1) is 30.0. The van der Waals surface area contributed by atoms with Crippen LogP contribution in [-0.4, -0.2) is 57.0 Å². The minimum atomic E-state index is -4.96. The van der Waals surface area contributed by atoms with Gasteiger partial charge in [0.05, 0.1) is 38.2 Å². The molecule has 0 fully saturated rings. The van der Waals surface area contributed by atoms with Crippen LogP contribution in [0.5, 0.6) is 5.75 Å². The maximum absolute atomic E-state index is 12.4. The first-order valence-electron chi connectivity index (χ1n) is 17.9. The number of nitrogens with two attached hydrogens (primary N) is 1. The van der Waals surface area contributed by atoms with Gasteiger partial charge in [-0.25, -0.2) is 0 Å². The number of hydrogen-bond donors (Lipinski definition) is 6. The molecule has 0 amide bonds. The normalized spacial score (nSPS) is 13.1. The Morgan fingerprint density at radius 2 is 0.906 bits per heavy atom. The molecule has 0 aliphatic carbocycles. The van der Waals surface area contributed by atoms with Gasteiger partial charge in [0.25, 0.3) is 40.5 Å². The molecule has 0 bridgehead atoms. The van der Waals surface area contributed by atoms with Crippen LogP contribution in [0, 0.1) is 0 Å². The van der Waals surface area contributed by atoms with Crippen LogP contribution in [0.3, 0.4) is 0 Å². The zero-order valence-electron chi connectivity index (χ0n) is 31.9.